The summed E-state index contributed by atoms with van der Waals surface area (Å²) in [6.07, 6.45) is 4.16. The Kier molecular flexibility index (Phi) is 4.05. The van der Waals surface area contributed by atoms with Crippen LogP contribution in [-0.2, 0) is 10.3 Å². The van der Waals surface area contributed by atoms with Gasteiger partial charge in [0, 0.05) is 36.7 Å². The molecular formula is C17H23ClN2O3. The van der Waals surface area contributed by atoms with Crippen molar-refractivity contribution in [3.8, 4) is 0 Å². The molecule has 6 heteroatoms. The zero-order chi connectivity index (χ0) is 16.8. The molecule has 2 saturated heterocycles. The molecule has 2 fully saturated rings. The van der Waals surface area contributed by atoms with Gasteiger partial charge in [-0.2, -0.15) is 0 Å². The quantitative estimate of drug-likeness (QED) is 0.796. The van der Waals surface area contributed by atoms with Gasteiger partial charge in [0.15, 0.2) is 0 Å². The fourth-order valence-electron chi connectivity index (χ4n) is 3.72. The summed E-state index contributed by atoms with van der Waals surface area (Å²) in [6.45, 7) is 5.60. The highest BCUT2D eigenvalue weighted by molar-refractivity contribution is 6.29. The number of hydrogen-bond acceptors (Lipinski definition) is 4. The maximum atomic E-state index is 12.5. The van der Waals surface area contributed by atoms with Crippen LogP contribution in [0.2, 0.25) is 5.15 Å². The summed E-state index contributed by atoms with van der Waals surface area (Å²) >= 11 is 5.83. The third-order valence-electron chi connectivity index (χ3n) is 4.64. The molecule has 1 aromatic rings. The highest BCUT2D eigenvalue weighted by atomic mass is 35.5. The van der Waals surface area contributed by atoms with Crippen LogP contribution in [0.4, 0.5) is 4.79 Å². The predicted molar refractivity (Wildman–Crippen MR) is 87.3 cm³/mol. The zero-order valence-electron chi connectivity index (χ0n) is 13.8. The van der Waals surface area contributed by atoms with E-state index in [9.17, 15) is 9.90 Å². The van der Waals surface area contributed by atoms with Gasteiger partial charge < -0.3 is 14.7 Å². The van der Waals surface area contributed by atoms with Gasteiger partial charge in [-0.3, -0.25) is 0 Å². The first-order valence-electron chi connectivity index (χ1n) is 8.04. The predicted octanol–water partition coefficient (Wildman–Crippen LogP) is 3.48. The summed E-state index contributed by atoms with van der Waals surface area (Å²) in [6, 6.07) is 3.52. The fraction of sp³-hybridized carbons (Fsp3) is 0.647. The Morgan fingerprint density at radius 1 is 1.35 bits per heavy atom. The summed E-state index contributed by atoms with van der Waals surface area (Å²) in [4.78, 5) is 18.4. The van der Waals surface area contributed by atoms with Gasteiger partial charge in [0.25, 0.3) is 0 Å². The Morgan fingerprint density at radius 3 is 2.43 bits per heavy atom. The average molecular weight is 339 g/mol. The number of aliphatic hydroxyl groups is 1. The smallest absolute Gasteiger partial charge is 0.410 e. The summed E-state index contributed by atoms with van der Waals surface area (Å²) in [7, 11) is 0. The molecule has 2 unspecified atom stereocenters. The second-order valence-corrected chi connectivity index (χ2v) is 7.97. The van der Waals surface area contributed by atoms with Crippen LogP contribution in [0.25, 0.3) is 0 Å². The molecule has 0 aromatic carbocycles. The topological polar surface area (TPSA) is 62.7 Å². The average Bonchev–Trinajstić information content (AvgIpc) is 2.71. The Labute approximate surface area is 141 Å². The number of amides is 1. The zero-order valence-corrected chi connectivity index (χ0v) is 14.5. The normalized spacial score (nSPS) is 30.4. The van der Waals surface area contributed by atoms with Crippen molar-refractivity contribution >= 4 is 17.7 Å². The first-order chi connectivity index (χ1) is 10.7. The molecule has 2 aliphatic rings. The van der Waals surface area contributed by atoms with Crippen molar-refractivity contribution in [2.45, 2.75) is 69.7 Å². The highest BCUT2D eigenvalue weighted by Crippen LogP contribution is 2.46. The van der Waals surface area contributed by atoms with Crippen LogP contribution < -0.4 is 0 Å². The van der Waals surface area contributed by atoms with E-state index >= 15 is 0 Å². The van der Waals surface area contributed by atoms with E-state index < -0.39 is 11.2 Å². The third-order valence-corrected chi connectivity index (χ3v) is 4.86. The van der Waals surface area contributed by atoms with Gasteiger partial charge in [-0.05, 0) is 39.7 Å². The first-order valence-corrected chi connectivity index (χ1v) is 8.41. The Morgan fingerprint density at radius 2 is 1.96 bits per heavy atom. The van der Waals surface area contributed by atoms with Crippen molar-refractivity contribution in [2.24, 2.45) is 0 Å². The minimum Gasteiger partial charge on any atom is -0.444 e. The molecule has 0 radical (unpaired) electrons. The van der Waals surface area contributed by atoms with E-state index in [1.165, 1.54) is 0 Å². The number of carbonyl (C=O) groups excluding carboxylic acids is 1. The maximum Gasteiger partial charge on any atom is 0.410 e. The number of piperidine rings is 1. The van der Waals surface area contributed by atoms with E-state index in [0.29, 0.717) is 18.0 Å². The van der Waals surface area contributed by atoms with Crippen LogP contribution in [0, 0.1) is 0 Å². The van der Waals surface area contributed by atoms with Gasteiger partial charge in [-0.15, -0.1) is 0 Å². The number of aromatic nitrogens is 1. The molecule has 5 nitrogen and oxygen atoms in total. The lowest BCUT2D eigenvalue weighted by Gasteiger charge is -2.44. The van der Waals surface area contributed by atoms with E-state index in [-0.39, 0.29) is 18.2 Å². The number of halogens is 1. The molecule has 2 atom stereocenters. The molecule has 126 valence electrons. The van der Waals surface area contributed by atoms with Crippen LogP contribution in [-0.4, -0.2) is 38.8 Å². The number of hydrogen-bond donors (Lipinski definition) is 1. The van der Waals surface area contributed by atoms with Gasteiger partial charge >= 0.3 is 6.09 Å². The van der Waals surface area contributed by atoms with Crippen LogP contribution in [0.1, 0.15) is 52.0 Å². The van der Waals surface area contributed by atoms with E-state index in [0.717, 1.165) is 18.4 Å². The van der Waals surface area contributed by atoms with Crippen molar-refractivity contribution < 1.29 is 14.6 Å². The van der Waals surface area contributed by atoms with E-state index in [1.54, 1.807) is 12.3 Å². The Hall–Kier alpha value is -1.33. The van der Waals surface area contributed by atoms with E-state index in [4.69, 9.17) is 16.3 Å². The van der Waals surface area contributed by atoms with Gasteiger partial charge in [0.1, 0.15) is 10.8 Å². The molecule has 3 rings (SSSR count). The summed E-state index contributed by atoms with van der Waals surface area (Å²) < 4.78 is 5.52. The summed E-state index contributed by atoms with van der Waals surface area (Å²) in [5, 5.41) is 11.5. The number of rotatable bonds is 1. The molecule has 3 heterocycles. The number of pyridine rings is 1. The lowest BCUT2D eigenvalue weighted by molar-refractivity contribution is -0.0625. The van der Waals surface area contributed by atoms with Crippen molar-refractivity contribution in [3.05, 3.63) is 29.0 Å². The summed E-state index contributed by atoms with van der Waals surface area (Å²) in [5.41, 5.74) is -0.700. The van der Waals surface area contributed by atoms with Crippen molar-refractivity contribution in [1.29, 1.82) is 0 Å². The molecule has 23 heavy (non-hydrogen) atoms. The second kappa shape index (κ2) is 5.64. The first kappa shape index (κ1) is 16.5. The number of carbonyl (C=O) groups is 1. The monoisotopic (exact) mass is 338 g/mol. The lowest BCUT2D eigenvalue weighted by Crippen LogP contribution is -2.53. The van der Waals surface area contributed by atoms with Gasteiger partial charge in [0.2, 0.25) is 0 Å². The number of nitrogens with zero attached hydrogens (tertiary/aromatic N) is 2. The van der Waals surface area contributed by atoms with E-state index in [2.05, 4.69) is 4.98 Å². The van der Waals surface area contributed by atoms with Crippen LogP contribution in [0.15, 0.2) is 18.3 Å². The minimum atomic E-state index is -0.956. The van der Waals surface area contributed by atoms with Crippen LogP contribution >= 0.6 is 11.6 Å². The van der Waals surface area contributed by atoms with Gasteiger partial charge in [-0.1, -0.05) is 17.7 Å². The summed E-state index contributed by atoms with van der Waals surface area (Å²) in [5.74, 6) is 0. The van der Waals surface area contributed by atoms with Crippen LogP contribution in [0.5, 0.6) is 0 Å². The Balaban J connectivity index is 1.79. The minimum absolute atomic E-state index is 0.00396. The third kappa shape index (κ3) is 3.31. The maximum absolute atomic E-state index is 12.5. The number of fused-ring (bicyclic) bond motifs is 2. The second-order valence-electron chi connectivity index (χ2n) is 7.58. The largest absolute Gasteiger partial charge is 0.444 e. The number of ether oxygens (including phenoxy) is 1. The SMILES string of the molecule is CC(C)(C)OC(=O)N1C2CCC1CC(O)(c1ccc(Cl)nc1)C2. The van der Waals surface area contributed by atoms with Crippen molar-refractivity contribution in [2.75, 3.05) is 0 Å². The van der Waals surface area contributed by atoms with E-state index in [1.807, 2.05) is 31.7 Å². The highest BCUT2D eigenvalue weighted by Gasteiger charge is 2.51. The van der Waals surface area contributed by atoms with Crippen molar-refractivity contribution in [1.82, 2.24) is 9.88 Å². The molecule has 0 aliphatic carbocycles. The fourth-order valence-corrected chi connectivity index (χ4v) is 3.84. The molecule has 0 saturated carbocycles. The van der Waals surface area contributed by atoms with Crippen molar-refractivity contribution in [3.63, 3.8) is 0 Å². The van der Waals surface area contributed by atoms with Gasteiger partial charge in [-0.25, -0.2) is 9.78 Å². The molecule has 2 bridgehead atoms. The van der Waals surface area contributed by atoms with Crippen LogP contribution in [0.3, 0.4) is 0 Å². The van der Waals surface area contributed by atoms with Gasteiger partial charge in [0.05, 0.1) is 5.60 Å². The molecule has 0 spiro atoms. The standard InChI is InChI=1S/C17H23ClN2O3/c1-16(2,3)23-15(21)20-12-5-6-13(20)9-17(22,8-12)11-4-7-14(18)19-10-11/h4,7,10,12-13,22H,5-6,8-9H2,1-3H3. The Bertz CT molecular complexity index is 583. The molecule has 1 amide bonds. The molecule has 2 aliphatic heterocycles. The molecule has 1 aromatic heterocycles. The molecule has 1 N–H and O–H groups in total. The molecular weight excluding hydrogens is 316 g/mol. The lowest BCUT2D eigenvalue weighted by atomic mass is 9.81.